The minimum atomic E-state index is 0. The van der Waals surface area contributed by atoms with Crippen molar-refractivity contribution in [2.24, 2.45) is 0 Å². The number of morpholine rings is 1. The topological polar surface area (TPSA) is 48.9 Å². The van der Waals surface area contributed by atoms with Crippen LogP contribution >= 0.6 is 0 Å². The Kier molecular flexibility index (Phi) is 6.99. The van der Waals surface area contributed by atoms with E-state index in [2.05, 4.69) is 9.69 Å². The molecule has 0 radical (unpaired) electrons. The van der Waals surface area contributed by atoms with Gasteiger partial charge < -0.3 is 27.6 Å². The first-order valence-electron chi connectivity index (χ1n) is 4.54. The Balaban J connectivity index is 0.00000112. The van der Waals surface area contributed by atoms with E-state index in [-0.39, 0.29) is 31.9 Å². The molecule has 80 valence electrons. The van der Waals surface area contributed by atoms with E-state index in [4.69, 9.17) is 10.3 Å². The van der Waals surface area contributed by atoms with Gasteiger partial charge in [-0.1, -0.05) is 18.2 Å². The Hall–Kier alpha value is -0.887. The van der Waals surface area contributed by atoms with Crippen molar-refractivity contribution in [3.8, 4) is 0 Å². The van der Waals surface area contributed by atoms with Gasteiger partial charge in [0.2, 0.25) is 0 Å². The number of hydrogen-bond acceptors (Lipinski definition) is 2. The molecule has 0 atom stereocenters. The van der Waals surface area contributed by atoms with Gasteiger partial charge in [-0.25, -0.2) is 0 Å². The largest absolute Gasteiger partial charge is 2.00 e. The van der Waals surface area contributed by atoms with Crippen molar-refractivity contribution in [1.29, 1.82) is 0 Å². The normalized spacial score (nSPS) is 14.0. The van der Waals surface area contributed by atoms with Gasteiger partial charge in [-0.15, -0.1) is 4.79 Å². The first-order valence-corrected chi connectivity index (χ1v) is 4.54. The molecule has 1 aromatic rings. The third kappa shape index (κ3) is 3.60. The molecule has 1 aromatic carbocycles. The monoisotopic (exact) mass is 288 g/mol. The van der Waals surface area contributed by atoms with Gasteiger partial charge in [0, 0.05) is 5.69 Å². The number of hydrogen-bond donors (Lipinski definition) is 0. The fourth-order valence-electron chi connectivity index (χ4n) is 1.48. The van der Waals surface area contributed by atoms with Gasteiger partial charge in [-0.3, -0.25) is 0 Å². The molecular formula is C10H11ClN3OZn+. The van der Waals surface area contributed by atoms with Crippen molar-refractivity contribution >= 4 is 11.6 Å². The summed E-state index contributed by atoms with van der Waals surface area (Å²) in [5, 5.41) is 0. The molecule has 0 bridgehead atoms. The molecule has 0 saturated carbocycles. The number of halogens is 1. The Bertz CT molecular complexity index is 368. The number of ether oxygens (including phenoxy) is 1. The zero-order valence-electron chi connectivity index (χ0n) is 8.84. The first kappa shape index (κ1) is 15.1. The third-order valence-corrected chi connectivity index (χ3v) is 2.19. The van der Waals surface area contributed by atoms with E-state index in [1.54, 1.807) is 0 Å². The van der Waals surface area contributed by atoms with Gasteiger partial charge in [-0.2, -0.15) is 0 Å². The summed E-state index contributed by atoms with van der Waals surface area (Å²) in [4.78, 5) is 5.19. The van der Waals surface area contributed by atoms with E-state index in [0.717, 1.165) is 12.2 Å². The van der Waals surface area contributed by atoms with Crippen LogP contribution in [-0.4, -0.2) is 30.4 Å². The first-order chi connectivity index (χ1) is 6.90. The standard InChI is InChI=1S/C10H11N3O.ClH.Zn/c11-12-10-8-13(6-7-14-10)9-4-2-1-3-5-9;;/h1-5H,6-8H2;1H;/q;;+2/p-1. The predicted octanol–water partition coefficient (Wildman–Crippen LogP) is -1.85. The molecular weight excluding hydrogens is 279 g/mol. The molecule has 0 unspecified atom stereocenters. The van der Waals surface area contributed by atoms with Crippen LogP contribution in [0.3, 0.4) is 0 Å². The average molecular weight is 290 g/mol. The molecule has 0 spiro atoms. The maximum absolute atomic E-state index is 8.59. The summed E-state index contributed by atoms with van der Waals surface area (Å²) in [5.41, 5.74) is 9.71. The molecule has 6 heteroatoms. The van der Waals surface area contributed by atoms with Crippen molar-refractivity contribution in [1.82, 2.24) is 0 Å². The van der Waals surface area contributed by atoms with Crippen LogP contribution in [0, 0.1) is 0 Å². The number of nitrogens with zero attached hydrogens (tertiary/aromatic N) is 3. The second kappa shape index (κ2) is 7.40. The van der Waals surface area contributed by atoms with Gasteiger partial charge in [0.25, 0.3) is 0 Å². The van der Waals surface area contributed by atoms with Crippen LogP contribution < -0.4 is 17.3 Å². The number of benzene rings is 1. The van der Waals surface area contributed by atoms with Crippen LogP contribution in [0.1, 0.15) is 0 Å². The fourth-order valence-corrected chi connectivity index (χ4v) is 1.48. The molecule has 0 amide bonds. The minimum absolute atomic E-state index is 0. The van der Waals surface area contributed by atoms with Gasteiger partial charge in [0.15, 0.2) is 6.54 Å². The maximum atomic E-state index is 8.59. The SMILES string of the molecule is [Cl-].[N-]=[N+]=C1CN(c2ccccc2)CCO1.[Zn+2]. The Morgan fingerprint density at radius 2 is 1.94 bits per heavy atom. The number of anilines is 1. The molecule has 1 saturated heterocycles. The van der Waals surface area contributed by atoms with E-state index in [0.29, 0.717) is 19.0 Å². The Morgan fingerprint density at radius 1 is 1.25 bits per heavy atom. The molecule has 0 aromatic heterocycles. The maximum Gasteiger partial charge on any atom is 2.00 e. The fraction of sp³-hybridized carbons (Fsp3) is 0.300. The molecule has 0 N–H and O–H groups in total. The van der Waals surface area contributed by atoms with Crippen molar-refractivity contribution < 1.29 is 41.4 Å². The van der Waals surface area contributed by atoms with Crippen LogP contribution in [0.25, 0.3) is 5.53 Å². The summed E-state index contributed by atoms with van der Waals surface area (Å²) in [7, 11) is 0. The summed E-state index contributed by atoms with van der Waals surface area (Å²) in [6.45, 7) is 1.91. The van der Waals surface area contributed by atoms with Crippen molar-refractivity contribution in [2.45, 2.75) is 0 Å². The number of para-hydroxylation sites is 1. The molecule has 0 aliphatic carbocycles. The zero-order valence-corrected chi connectivity index (χ0v) is 12.6. The quantitative estimate of drug-likeness (QED) is 0.346. The number of rotatable bonds is 1. The Morgan fingerprint density at radius 3 is 2.56 bits per heavy atom. The van der Waals surface area contributed by atoms with Crippen LogP contribution in [0.2, 0.25) is 0 Å². The Labute approximate surface area is 113 Å². The molecule has 2 rings (SSSR count). The summed E-state index contributed by atoms with van der Waals surface area (Å²) in [6.07, 6.45) is 0. The molecule has 1 heterocycles. The second-order valence-corrected chi connectivity index (χ2v) is 3.10. The van der Waals surface area contributed by atoms with Gasteiger partial charge >= 0.3 is 25.4 Å². The molecule has 16 heavy (non-hydrogen) atoms. The van der Waals surface area contributed by atoms with Gasteiger partial charge in [0.1, 0.15) is 6.61 Å². The van der Waals surface area contributed by atoms with Gasteiger partial charge in [0.05, 0.1) is 6.54 Å². The van der Waals surface area contributed by atoms with Crippen molar-refractivity contribution in [2.75, 3.05) is 24.6 Å². The molecule has 1 aliphatic rings. The summed E-state index contributed by atoms with van der Waals surface area (Å²) in [6, 6.07) is 10.0. The summed E-state index contributed by atoms with van der Waals surface area (Å²) in [5.74, 6) is 0.375. The van der Waals surface area contributed by atoms with Crippen LogP contribution in [-0.2, 0) is 24.2 Å². The van der Waals surface area contributed by atoms with E-state index in [1.807, 2.05) is 30.3 Å². The molecule has 1 aliphatic heterocycles. The van der Waals surface area contributed by atoms with Crippen LogP contribution in [0.4, 0.5) is 5.69 Å². The van der Waals surface area contributed by atoms with E-state index in [1.165, 1.54) is 0 Å². The molecule has 4 nitrogen and oxygen atoms in total. The minimum Gasteiger partial charge on any atom is -1.00 e. The van der Waals surface area contributed by atoms with E-state index >= 15 is 0 Å². The summed E-state index contributed by atoms with van der Waals surface area (Å²) >= 11 is 0. The summed E-state index contributed by atoms with van der Waals surface area (Å²) < 4.78 is 5.14. The van der Waals surface area contributed by atoms with Crippen LogP contribution in [0.5, 0.6) is 0 Å². The van der Waals surface area contributed by atoms with Crippen molar-refractivity contribution in [3.05, 3.63) is 35.9 Å². The van der Waals surface area contributed by atoms with Gasteiger partial charge in [-0.05, 0) is 12.1 Å². The molecule has 1 fully saturated rings. The smallest absolute Gasteiger partial charge is 1.00 e. The van der Waals surface area contributed by atoms with E-state index < -0.39 is 0 Å². The third-order valence-electron chi connectivity index (χ3n) is 2.19. The average Bonchev–Trinajstić information content (AvgIpc) is 2.30. The van der Waals surface area contributed by atoms with E-state index in [9.17, 15) is 0 Å². The van der Waals surface area contributed by atoms with Crippen LogP contribution in [0.15, 0.2) is 30.3 Å². The van der Waals surface area contributed by atoms with Crippen molar-refractivity contribution in [3.63, 3.8) is 0 Å². The predicted molar refractivity (Wildman–Crippen MR) is 53.2 cm³/mol. The zero-order chi connectivity index (χ0) is 9.80. The second-order valence-electron chi connectivity index (χ2n) is 3.10.